The molecular formula is C23H32BrN3O. The normalized spacial score (nSPS) is 17.1. The van der Waals surface area contributed by atoms with Crippen LogP contribution in [-0.2, 0) is 0 Å². The molecule has 0 fully saturated rings. The average Bonchev–Trinajstić information content (AvgIpc) is 2.70. The molecular weight excluding hydrogens is 414 g/mol. The lowest BCUT2D eigenvalue weighted by Gasteiger charge is -2.36. The Kier molecular flexibility index (Phi) is 8.61. The quantitative estimate of drug-likeness (QED) is 0.448. The highest BCUT2D eigenvalue weighted by molar-refractivity contribution is 9.10. The minimum Gasteiger partial charge on any atom is -0.331 e. The lowest BCUT2D eigenvalue weighted by Crippen LogP contribution is -2.45. The topological polar surface area (TPSA) is 56.5 Å². The van der Waals surface area contributed by atoms with Gasteiger partial charge in [0.25, 0.3) is 5.91 Å². The van der Waals surface area contributed by atoms with E-state index in [1.54, 1.807) is 0 Å². The van der Waals surface area contributed by atoms with Crippen molar-refractivity contribution in [3.63, 3.8) is 0 Å². The number of aliphatic imine (C=N–C) groups is 1. The molecule has 1 unspecified atom stereocenters. The van der Waals surface area contributed by atoms with E-state index in [1.807, 2.05) is 30.2 Å². The van der Waals surface area contributed by atoms with E-state index in [9.17, 15) is 4.79 Å². The van der Waals surface area contributed by atoms with Gasteiger partial charge in [0.15, 0.2) is 0 Å². The Morgan fingerprint density at radius 3 is 2.71 bits per heavy atom. The molecule has 1 N–H and O–H groups in total. The molecule has 0 bridgehead atoms. The average molecular weight is 446 g/mol. The van der Waals surface area contributed by atoms with Crippen LogP contribution in [0.5, 0.6) is 0 Å². The summed E-state index contributed by atoms with van der Waals surface area (Å²) in [7, 11) is 0. The van der Waals surface area contributed by atoms with Crippen molar-refractivity contribution in [2.24, 2.45) is 4.99 Å². The van der Waals surface area contributed by atoms with E-state index in [0.29, 0.717) is 17.8 Å². The predicted octanol–water partition coefficient (Wildman–Crippen LogP) is 6.63. The molecule has 1 aromatic carbocycles. The molecule has 0 saturated carbocycles. The van der Waals surface area contributed by atoms with Crippen LogP contribution in [0, 0.1) is 12.3 Å². The maximum atomic E-state index is 13.6. The van der Waals surface area contributed by atoms with Crippen LogP contribution in [0.25, 0.3) is 0 Å². The van der Waals surface area contributed by atoms with Gasteiger partial charge in [-0.3, -0.25) is 9.79 Å². The smallest absolute Gasteiger partial charge is 0.256 e. The number of benzene rings is 1. The summed E-state index contributed by atoms with van der Waals surface area (Å²) < 4.78 is 0.962. The summed E-state index contributed by atoms with van der Waals surface area (Å²) in [6.45, 7) is 8.98. The first kappa shape index (κ1) is 22.5. The van der Waals surface area contributed by atoms with Crippen molar-refractivity contribution in [2.45, 2.75) is 72.3 Å². The number of nitrogens with zero attached hydrogens (tertiary/aromatic N) is 2. The number of hydrogen-bond acceptors (Lipinski definition) is 3. The zero-order valence-electron chi connectivity index (χ0n) is 17.5. The Balaban J connectivity index is 2.41. The number of carbonyl (C=O) groups is 1. The van der Waals surface area contributed by atoms with Crippen LogP contribution in [-0.4, -0.2) is 35.3 Å². The van der Waals surface area contributed by atoms with E-state index >= 15 is 0 Å². The summed E-state index contributed by atoms with van der Waals surface area (Å²) in [5, 5.41) is 8.43. The lowest BCUT2D eigenvalue weighted by molar-refractivity contribution is 0.0699. The SMILES string of the molecule is CCCC=Nc1c(C(=O)N2CCC=C(C(=N)CCC)C2CC)ccc(Br)c1C. The molecule has 1 atom stereocenters. The molecule has 0 aliphatic carbocycles. The number of amides is 1. The Hall–Kier alpha value is -1.75. The van der Waals surface area contributed by atoms with Crippen LogP contribution < -0.4 is 0 Å². The molecule has 1 aromatic rings. The van der Waals surface area contributed by atoms with Crippen LogP contribution in [0.15, 0.2) is 33.2 Å². The highest BCUT2D eigenvalue weighted by Gasteiger charge is 2.31. The molecule has 152 valence electrons. The predicted molar refractivity (Wildman–Crippen MR) is 122 cm³/mol. The number of nitrogens with one attached hydrogen (secondary N) is 1. The van der Waals surface area contributed by atoms with Gasteiger partial charge < -0.3 is 10.3 Å². The fourth-order valence-corrected chi connectivity index (χ4v) is 4.00. The van der Waals surface area contributed by atoms with Gasteiger partial charge in [-0.15, -0.1) is 0 Å². The van der Waals surface area contributed by atoms with E-state index in [1.165, 1.54) is 0 Å². The number of rotatable bonds is 8. The van der Waals surface area contributed by atoms with Crippen LogP contribution in [0.2, 0.25) is 0 Å². The van der Waals surface area contributed by atoms with E-state index in [0.717, 1.165) is 59.8 Å². The van der Waals surface area contributed by atoms with Crippen molar-refractivity contribution in [3.05, 3.63) is 39.4 Å². The molecule has 28 heavy (non-hydrogen) atoms. The van der Waals surface area contributed by atoms with Gasteiger partial charge in [0, 0.05) is 22.9 Å². The lowest BCUT2D eigenvalue weighted by atomic mass is 9.91. The van der Waals surface area contributed by atoms with Crippen LogP contribution in [0.3, 0.4) is 0 Å². The summed E-state index contributed by atoms with van der Waals surface area (Å²) >= 11 is 3.57. The molecule has 1 amide bonds. The van der Waals surface area contributed by atoms with E-state index in [4.69, 9.17) is 5.41 Å². The van der Waals surface area contributed by atoms with Gasteiger partial charge in [-0.25, -0.2) is 0 Å². The van der Waals surface area contributed by atoms with Gasteiger partial charge in [-0.05, 0) is 55.9 Å². The van der Waals surface area contributed by atoms with Crippen molar-refractivity contribution in [1.29, 1.82) is 5.41 Å². The maximum absolute atomic E-state index is 13.6. The van der Waals surface area contributed by atoms with Crippen molar-refractivity contribution < 1.29 is 4.79 Å². The fraction of sp³-hybridized carbons (Fsp3) is 0.522. The van der Waals surface area contributed by atoms with Crippen molar-refractivity contribution >= 4 is 39.5 Å². The third-order valence-electron chi connectivity index (χ3n) is 5.20. The minimum atomic E-state index is -0.0308. The molecule has 0 radical (unpaired) electrons. The second-order valence-corrected chi connectivity index (χ2v) is 8.12. The maximum Gasteiger partial charge on any atom is 0.256 e. The third-order valence-corrected chi connectivity index (χ3v) is 6.06. The molecule has 0 aromatic heterocycles. The van der Waals surface area contributed by atoms with Gasteiger partial charge in [0.05, 0.1) is 17.3 Å². The van der Waals surface area contributed by atoms with Gasteiger partial charge in [0.1, 0.15) is 0 Å². The highest BCUT2D eigenvalue weighted by Crippen LogP contribution is 2.33. The monoisotopic (exact) mass is 445 g/mol. The highest BCUT2D eigenvalue weighted by atomic mass is 79.9. The summed E-state index contributed by atoms with van der Waals surface area (Å²) in [5.41, 5.74) is 4.07. The van der Waals surface area contributed by atoms with E-state index < -0.39 is 0 Å². The minimum absolute atomic E-state index is 0.0148. The van der Waals surface area contributed by atoms with E-state index in [-0.39, 0.29) is 11.9 Å². The molecule has 2 rings (SSSR count). The van der Waals surface area contributed by atoms with Gasteiger partial charge >= 0.3 is 0 Å². The molecule has 0 saturated heterocycles. The first-order valence-corrected chi connectivity index (χ1v) is 11.2. The first-order chi connectivity index (χ1) is 13.5. The Morgan fingerprint density at radius 2 is 2.07 bits per heavy atom. The molecule has 4 nitrogen and oxygen atoms in total. The van der Waals surface area contributed by atoms with Crippen molar-refractivity contribution in [1.82, 2.24) is 4.90 Å². The summed E-state index contributed by atoms with van der Waals surface area (Å²) in [6.07, 6.45) is 9.29. The van der Waals surface area contributed by atoms with Crippen LogP contribution in [0.1, 0.15) is 75.2 Å². The number of halogens is 1. The zero-order valence-corrected chi connectivity index (χ0v) is 19.1. The van der Waals surface area contributed by atoms with Gasteiger partial charge in [0.2, 0.25) is 0 Å². The zero-order chi connectivity index (χ0) is 20.7. The number of unbranched alkanes of at least 4 members (excludes halogenated alkanes) is 1. The first-order valence-electron chi connectivity index (χ1n) is 10.4. The van der Waals surface area contributed by atoms with Gasteiger partial charge in [-0.1, -0.05) is 55.6 Å². The number of hydrogen-bond donors (Lipinski definition) is 1. The Bertz CT molecular complexity index is 782. The summed E-state index contributed by atoms with van der Waals surface area (Å²) in [5.74, 6) is 0.0148. The largest absolute Gasteiger partial charge is 0.331 e. The summed E-state index contributed by atoms with van der Waals surface area (Å²) in [6, 6.07) is 3.78. The molecule has 1 heterocycles. The Labute approximate surface area is 177 Å². The molecule has 1 aliphatic heterocycles. The van der Waals surface area contributed by atoms with Crippen molar-refractivity contribution in [2.75, 3.05) is 6.54 Å². The standard InChI is InChI=1S/C23H32BrN3O/c1-5-8-14-26-22-16(4)19(24)13-12-18(22)23(28)27-15-9-11-17(21(27)7-3)20(25)10-6-2/h11-14,21,25H,5-10,15H2,1-4H3. The second-order valence-electron chi connectivity index (χ2n) is 7.27. The third kappa shape index (κ3) is 4.99. The molecule has 5 heteroatoms. The molecule has 1 aliphatic rings. The van der Waals surface area contributed by atoms with E-state index in [2.05, 4.69) is 47.8 Å². The number of carbonyl (C=O) groups excluding carboxylic acids is 1. The van der Waals surface area contributed by atoms with Crippen LogP contribution >= 0.6 is 15.9 Å². The summed E-state index contributed by atoms with van der Waals surface area (Å²) in [4.78, 5) is 20.1. The van der Waals surface area contributed by atoms with Crippen LogP contribution in [0.4, 0.5) is 5.69 Å². The van der Waals surface area contributed by atoms with Gasteiger partial charge in [-0.2, -0.15) is 0 Å². The second kappa shape index (κ2) is 10.7. The molecule has 0 spiro atoms. The fourth-order valence-electron chi connectivity index (χ4n) is 3.68. The van der Waals surface area contributed by atoms with Crippen molar-refractivity contribution in [3.8, 4) is 0 Å². The Morgan fingerprint density at radius 1 is 1.32 bits per heavy atom.